The molecule has 0 radical (unpaired) electrons. The predicted molar refractivity (Wildman–Crippen MR) is 118 cm³/mol. The first-order valence-electron chi connectivity index (χ1n) is 9.28. The van der Waals surface area contributed by atoms with E-state index in [1.807, 2.05) is 42.7 Å². The van der Waals surface area contributed by atoms with Gasteiger partial charge in [-0.1, -0.05) is 48.0 Å². The van der Waals surface area contributed by atoms with Crippen LogP contribution in [0.25, 0.3) is 10.9 Å². The molecule has 3 aromatic rings. The van der Waals surface area contributed by atoms with Crippen molar-refractivity contribution < 1.29 is 9.90 Å². The van der Waals surface area contributed by atoms with E-state index in [1.165, 1.54) is 0 Å². The van der Waals surface area contributed by atoms with E-state index in [1.54, 1.807) is 11.8 Å². The molecule has 0 bridgehead atoms. The molecule has 148 valence electrons. The highest BCUT2D eigenvalue weighted by atomic mass is 35.5. The molecule has 1 heterocycles. The van der Waals surface area contributed by atoms with Crippen LogP contribution in [-0.4, -0.2) is 33.7 Å². The number of aliphatic carboxylic acids is 1. The van der Waals surface area contributed by atoms with Crippen LogP contribution in [0.1, 0.15) is 23.2 Å². The van der Waals surface area contributed by atoms with Gasteiger partial charge in [-0.2, -0.15) is 11.8 Å². The average molecular weight is 417 g/mol. The minimum Gasteiger partial charge on any atom is -0.480 e. The number of halogens is 1. The van der Waals surface area contributed by atoms with Crippen molar-refractivity contribution in [1.82, 2.24) is 9.88 Å². The molecule has 6 heteroatoms. The molecule has 2 aromatic carbocycles. The van der Waals surface area contributed by atoms with E-state index in [2.05, 4.69) is 28.9 Å². The number of benzene rings is 2. The van der Waals surface area contributed by atoms with E-state index < -0.39 is 12.0 Å². The number of aromatic nitrogens is 1. The van der Waals surface area contributed by atoms with Gasteiger partial charge < -0.3 is 15.0 Å². The molecule has 3 rings (SSSR count). The third kappa shape index (κ3) is 4.54. The maximum atomic E-state index is 11.6. The zero-order valence-electron chi connectivity index (χ0n) is 16.1. The van der Waals surface area contributed by atoms with Crippen molar-refractivity contribution in [3.63, 3.8) is 0 Å². The fraction of sp³-hybridized carbons (Fsp3) is 0.318. The summed E-state index contributed by atoms with van der Waals surface area (Å²) in [5, 5.41) is 14.6. The van der Waals surface area contributed by atoms with E-state index in [-0.39, 0.29) is 0 Å². The Hall–Kier alpha value is -1.95. The molecule has 0 aliphatic carbocycles. The van der Waals surface area contributed by atoms with Gasteiger partial charge in [0.25, 0.3) is 0 Å². The van der Waals surface area contributed by atoms with Crippen LogP contribution in [0.5, 0.6) is 0 Å². The molecule has 2 N–H and O–H groups in total. The van der Waals surface area contributed by atoms with Crippen molar-refractivity contribution in [3.8, 4) is 0 Å². The normalized spacial score (nSPS) is 12.4. The number of carbonyl (C=O) groups is 1. The molecule has 1 atom stereocenters. The van der Waals surface area contributed by atoms with E-state index in [0.717, 1.165) is 38.5 Å². The van der Waals surface area contributed by atoms with Gasteiger partial charge in [0.15, 0.2) is 0 Å². The predicted octanol–water partition coefficient (Wildman–Crippen LogP) is 4.95. The van der Waals surface area contributed by atoms with Crippen molar-refractivity contribution >= 4 is 40.2 Å². The van der Waals surface area contributed by atoms with Crippen LogP contribution >= 0.6 is 23.4 Å². The Balaban J connectivity index is 1.92. The highest BCUT2D eigenvalue weighted by Crippen LogP contribution is 2.28. The molecule has 28 heavy (non-hydrogen) atoms. The minimum atomic E-state index is -0.800. The van der Waals surface area contributed by atoms with E-state index in [4.69, 9.17) is 11.6 Å². The zero-order valence-corrected chi connectivity index (χ0v) is 17.7. The lowest BCUT2D eigenvalue weighted by atomic mass is 10.1. The lowest BCUT2D eigenvalue weighted by Crippen LogP contribution is -2.36. The fourth-order valence-corrected chi connectivity index (χ4v) is 4.17. The van der Waals surface area contributed by atoms with Crippen LogP contribution < -0.4 is 5.32 Å². The Morgan fingerprint density at radius 2 is 1.93 bits per heavy atom. The standard InChI is InChI=1S/C22H25ClN2O2S/c1-15-18(13-24-20(22(26)27)11-12-28-2)17-8-4-6-10-21(17)25(15)14-16-7-3-5-9-19(16)23/h3-10,20,24H,11-14H2,1-2H3,(H,26,27). The van der Waals surface area contributed by atoms with Crippen molar-refractivity contribution in [3.05, 3.63) is 70.4 Å². The monoisotopic (exact) mass is 416 g/mol. The van der Waals surface area contributed by atoms with E-state index in [0.29, 0.717) is 19.5 Å². The summed E-state index contributed by atoms with van der Waals surface area (Å²) in [4.78, 5) is 11.6. The molecule has 0 spiro atoms. The summed E-state index contributed by atoms with van der Waals surface area (Å²) in [5.74, 6) is 0.0172. The second kappa shape index (κ2) is 9.50. The molecule has 1 unspecified atom stereocenters. The number of para-hydroxylation sites is 1. The number of hydrogen-bond donors (Lipinski definition) is 2. The highest BCUT2D eigenvalue weighted by molar-refractivity contribution is 7.98. The molecule has 0 saturated heterocycles. The lowest BCUT2D eigenvalue weighted by molar-refractivity contribution is -0.139. The summed E-state index contributed by atoms with van der Waals surface area (Å²) in [6.45, 7) is 3.29. The number of carboxylic acids is 1. The first-order chi connectivity index (χ1) is 13.5. The molecule has 0 amide bonds. The van der Waals surface area contributed by atoms with Gasteiger partial charge in [-0.05, 0) is 48.6 Å². The number of fused-ring (bicyclic) bond motifs is 1. The van der Waals surface area contributed by atoms with E-state index >= 15 is 0 Å². The molecular formula is C22H25ClN2O2S. The maximum absolute atomic E-state index is 11.6. The topological polar surface area (TPSA) is 54.3 Å². The van der Waals surface area contributed by atoms with Gasteiger partial charge in [-0.3, -0.25) is 4.79 Å². The van der Waals surface area contributed by atoms with Crippen molar-refractivity contribution in [2.24, 2.45) is 0 Å². The largest absolute Gasteiger partial charge is 0.480 e. The Bertz CT molecular complexity index is 970. The maximum Gasteiger partial charge on any atom is 0.320 e. The first kappa shape index (κ1) is 20.8. The van der Waals surface area contributed by atoms with Crippen molar-refractivity contribution in [2.45, 2.75) is 32.5 Å². The second-order valence-corrected chi connectivity index (χ2v) is 8.20. The first-order valence-corrected chi connectivity index (χ1v) is 11.0. The van der Waals surface area contributed by atoms with Gasteiger partial charge in [0.05, 0.1) is 0 Å². The molecule has 0 fully saturated rings. The molecule has 0 aliphatic heterocycles. The molecular weight excluding hydrogens is 392 g/mol. The van der Waals surface area contributed by atoms with Crippen LogP contribution in [0.3, 0.4) is 0 Å². The minimum absolute atomic E-state index is 0.521. The zero-order chi connectivity index (χ0) is 20.1. The highest BCUT2D eigenvalue weighted by Gasteiger charge is 2.19. The van der Waals surface area contributed by atoms with Crippen LogP contribution in [-0.2, 0) is 17.9 Å². The number of thioether (sulfide) groups is 1. The van der Waals surface area contributed by atoms with Gasteiger partial charge in [-0.25, -0.2) is 0 Å². The number of hydrogen-bond acceptors (Lipinski definition) is 3. The number of carboxylic acid groups (broad SMARTS) is 1. The van der Waals surface area contributed by atoms with E-state index in [9.17, 15) is 9.90 Å². The molecule has 1 aromatic heterocycles. The van der Waals surface area contributed by atoms with Gasteiger partial charge in [0.2, 0.25) is 0 Å². The third-order valence-electron chi connectivity index (χ3n) is 5.08. The van der Waals surface area contributed by atoms with Gasteiger partial charge in [-0.15, -0.1) is 0 Å². The number of nitrogens with zero attached hydrogens (tertiary/aromatic N) is 1. The summed E-state index contributed by atoms with van der Waals surface area (Å²) < 4.78 is 2.26. The Morgan fingerprint density at radius 3 is 2.64 bits per heavy atom. The van der Waals surface area contributed by atoms with Crippen LogP contribution in [0.15, 0.2) is 48.5 Å². The number of rotatable bonds is 9. The summed E-state index contributed by atoms with van der Waals surface area (Å²) in [6.07, 6.45) is 2.60. The average Bonchev–Trinajstić information content (AvgIpc) is 2.95. The number of nitrogens with one attached hydrogen (secondary N) is 1. The fourth-order valence-electron chi connectivity index (χ4n) is 3.50. The third-order valence-corrected chi connectivity index (χ3v) is 6.09. The van der Waals surface area contributed by atoms with Crippen LogP contribution in [0.4, 0.5) is 0 Å². The Labute approximate surface area is 174 Å². The summed E-state index contributed by atoms with van der Waals surface area (Å²) >= 11 is 8.04. The molecule has 0 saturated carbocycles. The van der Waals surface area contributed by atoms with Gasteiger partial charge >= 0.3 is 5.97 Å². The van der Waals surface area contributed by atoms with Crippen molar-refractivity contribution in [2.75, 3.05) is 12.0 Å². The molecule has 4 nitrogen and oxygen atoms in total. The van der Waals surface area contributed by atoms with Crippen molar-refractivity contribution in [1.29, 1.82) is 0 Å². The SMILES string of the molecule is CSCCC(NCc1c(C)n(Cc2ccccc2Cl)c2ccccc12)C(=O)O. The van der Waals surface area contributed by atoms with Gasteiger partial charge in [0, 0.05) is 34.7 Å². The Kier molecular flexibility index (Phi) is 7.05. The smallest absolute Gasteiger partial charge is 0.320 e. The quantitative estimate of drug-likeness (QED) is 0.518. The van der Waals surface area contributed by atoms with Gasteiger partial charge in [0.1, 0.15) is 6.04 Å². The summed E-state index contributed by atoms with van der Waals surface area (Å²) in [6, 6.07) is 15.6. The summed E-state index contributed by atoms with van der Waals surface area (Å²) in [7, 11) is 0. The second-order valence-electron chi connectivity index (χ2n) is 6.81. The Morgan fingerprint density at radius 1 is 1.21 bits per heavy atom. The summed E-state index contributed by atoms with van der Waals surface area (Å²) in [5.41, 5.74) is 4.46. The van der Waals surface area contributed by atoms with Crippen LogP contribution in [0, 0.1) is 6.92 Å². The lowest BCUT2D eigenvalue weighted by Gasteiger charge is -2.14. The molecule has 0 aliphatic rings. The van der Waals surface area contributed by atoms with Crippen LogP contribution in [0.2, 0.25) is 5.02 Å².